The van der Waals surface area contributed by atoms with Gasteiger partial charge in [-0.1, -0.05) is 77.5 Å². The van der Waals surface area contributed by atoms with E-state index in [1.54, 1.807) is 19.1 Å². The predicted molar refractivity (Wildman–Crippen MR) is 195 cm³/mol. The third kappa shape index (κ3) is 6.85. The Hall–Kier alpha value is -3.33. The molecule has 0 N–H and O–H groups in total. The van der Waals surface area contributed by atoms with Crippen molar-refractivity contribution in [3.8, 4) is 5.75 Å². The van der Waals surface area contributed by atoms with E-state index in [-0.39, 0.29) is 17.7 Å². The van der Waals surface area contributed by atoms with Crippen molar-refractivity contribution in [3.05, 3.63) is 156 Å². The fraction of sp³-hybridized carbons (Fsp3) is 0.114. The van der Waals surface area contributed by atoms with E-state index in [9.17, 15) is 14.0 Å². The third-order valence-corrected chi connectivity index (χ3v) is 10.0. The number of hydrogen-bond donors (Lipinski definition) is 0. The van der Waals surface area contributed by atoms with Gasteiger partial charge in [0.2, 0.25) is 0 Å². The van der Waals surface area contributed by atoms with E-state index in [1.165, 1.54) is 28.0 Å². The molecule has 0 amide bonds. The second kappa shape index (κ2) is 14.2. The number of aromatic nitrogens is 1. The molecule has 0 aliphatic carbocycles. The molecule has 2 heterocycles. The number of nitrogens with zero attached hydrogens (tertiary/aromatic N) is 2. The van der Waals surface area contributed by atoms with Gasteiger partial charge in [0.15, 0.2) is 4.80 Å². The Morgan fingerprint density at radius 2 is 1.70 bits per heavy atom. The molecule has 5 aromatic rings. The molecule has 0 saturated carbocycles. The molecular weight excluding hydrogens is 853 g/mol. The van der Waals surface area contributed by atoms with Gasteiger partial charge >= 0.3 is 5.97 Å². The summed E-state index contributed by atoms with van der Waals surface area (Å²) in [6, 6.07) is 25.6. The molecule has 4 aromatic carbocycles. The minimum atomic E-state index is -0.878. The van der Waals surface area contributed by atoms with Crippen LogP contribution in [0.25, 0.3) is 11.8 Å². The zero-order valence-electron chi connectivity index (χ0n) is 24.2. The summed E-state index contributed by atoms with van der Waals surface area (Å²) in [6.07, 6.45) is 1.81. The summed E-state index contributed by atoms with van der Waals surface area (Å²) < 4.78 is 29.4. The molecule has 1 aliphatic rings. The normalized spacial score (nSPS) is 14.5. The lowest BCUT2D eigenvalue weighted by molar-refractivity contribution is -0.138. The van der Waals surface area contributed by atoms with Gasteiger partial charge < -0.3 is 9.47 Å². The largest absolute Gasteiger partial charge is 0.487 e. The molecule has 11 heteroatoms. The quantitative estimate of drug-likeness (QED) is 0.120. The average Bonchev–Trinajstić information content (AvgIpc) is 3.35. The molecule has 0 bridgehead atoms. The SMILES string of the molecule is CCOC(=O)C1=C(c2ccccc2)N=c2s/c(=C\c3cc(I)c(OCc4ccc(Cl)cc4)c(I)c3)c(=O)n2[C@H]1c1ccc(F)cc1. The van der Waals surface area contributed by atoms with E-state index < -0.39 is 17.8 Å². The number of benzene rings is 4. The molecule has 1 aromatic heterocycles. The molecule has 0 spiro atoms. The van der Waals surface area contributed by atoms with Crippen molar-refractivity contribution in [2.24, 2.45) is 4.99 Å². The van der Waals surface area contributed by atoms with Crippen molar-refractivity contribution < 1.29 is 18.7 Å². The maximum atomic E-state index is 14.2. The highest BCUT2D eigenvalue weighted by Crippen LogP contribution is 2.35. The van der Waals surface area contributed by atoms with Gasteiger partial charge in [-0.15, -0.1) is 0 Å². The zero-order valence-corrected chi connectivity index (χ0v) is 30.1. The first kappa shape index (κ1) is 32.6. The van der Waals surface area contributed by atoms with E-state index in [0.29, 0.717) is 37.8 Å². The fourth-order valence-electron chi connectivity index (χ4n) is 5.09. The van der Waals surface area contributed by atoms with Crippen LogP contribution in [-0.4, -0.2) is 17.1 Å². The van der Waals surface area contributed by atoms with Crippen LogP contribution in [0.1, 0.15) is 35.2 Å². The fourth-order valence-corrected chi connectivity index (χ4v) is 8.34. The van der Waals surface area contributed by atoms with Crippen molar-refractivity contribution in [2.45, 2.75) is 19.6 Å². The Kier molecular flexibility index (Phi) is 10.1. The van der Waals surface area contributed by atoms with Crippen LogP contribution in [-0.2, 0) is 16.1 Å². The van der Waals surface area contributed by atoms with E-state index in [2.05, 4.69) is 45.2 Å². The monoisotopic (exact) mass is 876 g/mol. The van der Waals surface area contributed by atoms with Crippen molar-refractivity contribution in [2.75, 3.05) is 6.61 Å². The number of carbonyl (C=O) groups is 1. The van der Waals surface area contributed by atoms with Gasteiger partial charge in [0.25, 0.3) is 5.56 Å². The molecule has 232 valence electrons. The highest BCUT2D eigenvalue weighted by atomic mass is 127. The van der Waals surface area contributed by atoms with E-state index in [1.807, 2.05) is 72.8 Å². The minimum Gasteiger partial charge on any atom is -0.487 e. The number of ether oxygens (including phenoxy) is 2. The van der Waals surface area contributed by atoms with E-state index in [4.69, 9.17) is 26.1 Å². The average molecular weight is 877 g/mol. The molecule has 6 nitrogen and oxygen atoms in total. The molecule has 1 aliphatic heterocycles. The molecular formula is C35H24ClFI2N2O4S. The first-order valence-electron chi connectivity index (χ1n) is 14.1. The number of halogens is 4. The first-order chi connectivity index (χ1) is 22.2. The van der Waals surface area contributed by atoms with Gasteiger partial charge in [-0.2, -0.15) is 0 Å². The molecule has 0 unspecified atom stereocenters. The summed E-state index contributed by atoms with van der Waals surface area (Å²) in [6.45, 7) is 2.25. The van der Waals surface area contributed by atoms with Crippen molar-refractivity contribution in [3.63, 3.8) is 0 Å². The Morgan fingerprint density at radius 3 is 2.35 bits per heavy atom. The van der Waals surface area contributed by atoms with Crippen LogP contribution in [0.2, 0.25) is 5.02 Å². The van der Waals surface area contributed by atoms with Crippen LogP contribution in [0.4, 0.5) is 4.39 Å². The van der Waals surface area contributed by atoms with Crippen LogP contribution < -0.4 is 19.6 Å². The van der Waals surface area contributed by atoms with E-state index in [0.717, 1.165) is 24.0 Å². The summed E-state index contributed by atoms with van der Waals surface area (Å²) >= 11 is 11.7. The maximum absolute atomic E-state index is 14.2. The highest BCUT2D eigenvalue weighted by Gasteiger charge is 2.35. The number of carbonyl (C=O) groups excluding carboxylic acids is 1. The zero-order chi connectivity index (χ0) is 32.4. The van der Waals surface area contributed by atoms with Gasteiger partial charge in [-0.3, -0.25) is 9.36 Å². The number of rotatable bonds is 8. The van der Waals surface area contributed by atoms with Crippen LogP contribution in [0, 0.1) is 13.0 Å². The minimum absolute atomic E-state index is 0.141. The van der Waals surface area contributed by atoms with Gasteiger partial charge in [0, 0.05) is 10.6 Å². The summed E-state index contributed by atoms with van der Waals surface area (Å²) in [5.41, 5.74) is 3.37. The topological polar surface area (TPSA) is 69.9 Å². The summed E-state index contributed by atoms with van der Waals surface area (Å²) in [7, 11) is 0. The Labute approximate surface area is 300 Å². The van der Waals surface area contributed by atoms with Gasteiger partial charge in [-0.05, 0) is 111 Å². The Balaban J connectivity index is 1.47. The van der Waals surface area contributed by atoms with Crippen LogP contribution in [0.15, 0.2) is 106 Å². The number of thiazole rings is 1. The lowest BCUT2D eigenvalue weighted by Crippen LogP contribution is -2.40. The number of esters is 1. The molecule has 0 saturated heterocycles. The first-order valence-corrected chi connectivity index (χ1v) is 17.5. The molecule has 0 radical (unpaired) electrons. The smallest absolute Gasteiger partial charge is 0.338 e. The van der Waals surface area contributed by atoms with Crippen molar-refractivity contribution in [1.29, 1.82) is 0 Å². The van der Waals surface area contributed by atoms with Gasteiger partial charge in [0.1, 0.15) is 18.2 Å². The Bertz CT molecular complexity index is 2130. The Morgan fingerprint density at radius 1 is 1.02 bits per heavy atom. The van der Waals surface area contributed by atoms with Crippen molar-refractivity contribution >= 4 is 85.9 Å². The number of fused-ring (bicyclic) bond motifs is 1. The highest BCUT2D eigenvalue weighted by molar-refractivity contribution is 14.1. The molecule has 0 fully saturated rings. The van der Waals surface area contributed by atoms with Crippen LogP contribution in [0.3, 0.4) is 0 Å². The van der Waals surface area contributed by atoms with Gasteiger partial charge in [-0.25, -0.2) is 14.2 Å². The lowest BCUT2D eigenvalue weighted by atomic mass is 9.93. The van der Waals surface area contributed by atoms with Gasteiger partial charge in [0.05, 0.1) is 35.6 Å². The summed E-state index contributed by atoms with van der Waals surface area (Å²) in [5.74, 6) is -0.268. The summed E-state index contributed by atoms with van der Waals surface area (Å²) in [5, 5.41) is 0.667. The summed E-state index contributed by atoms with van der Waals surface area (Å²) in [4.78, 5) is 33.0. The second-order valence-electron chi connectivity index (χ2n) is 10.2. The van der Waals surface area contributed by atoms with Crippen LogP contribution >= 0.6 is 68.1 Å². The molecule has 6 rings (SSSR count). The van der Waals surface area contributed by atoms with Crippen LogP contribution in [0.5, 0.6) is 5.75 Å². The van der Waals surface area contributed by atoms with E-state index >= 15 is 0 Å². The maximum Gasteiger partial charge on any atom is 0.338 e. The second-order valence-corrected chi connectivity index (χ2v) is 14.0. The standard InChI is InChI=1S/C35H24ClFI2N2O4S/c1-2-44-34(43)29-30(22-6-4-3-5-7-22)40-35-41(31(29)23-10-14-25(37)15-11-23)33(42)28(46-35)18-21-16-26(38)32(27(39)17-21)45-19-20-8-12-24(36)13-9-20/h3-18,31H,2,19H2,1H3/b28-18-/t31-/m0/s1. The predicted octanol–water partition coefficient (Wildman–Crippen LogP) is 7.52. The third-order valence-electron chi connectivity index (χ3n) is 7.17. The molecule has 1 atom stereocenters. The number of hydrogen-bond acceptors (Lipinski definition) is 6. The van der Waals surface area contributed by atoms with Crippen molar-refractivity contribution in [1.82, 2.24) is 4.57 Å². The lowest BCUT2D eigenvalue weighted by Gasteiger charge is -2.25. The molecule has 46 heavy (non-hydrogen) atoms.